The standard InChI is InChI=1S/C18H17N3O3S/c22-16(13-24-15-9-5-2-6-10-15)19-18-21-20-17(25-18)11-12-23-14-7-3-1-4-8-14/h1-10H,11-13H2,(H,19,21,22). The van der Waals surface area contributed by atoms with Crippen LogP contribution in [0.4, 0.5) is 5.13 Å². The van der Waals surface area contributed by atoms with Crippen LogP contribution in [0.3, 0.4) is 0 Å². The Morgan fingerprint density at radius 3 is 2.24 bits per heavy atom. The molecular weight excluding hydrogens is 338 g/mol. The molecule has 6 nitrogen and oxygen atoms in total. The number of anilines is 1. The van der Waals surface area contributed by atoms with Gasteiger partial charge in [-0.1, -0.05) is 47.7 Å². The maximum Gasteiger partial charge on any atom is 0.264 e. The minimum absolute atomic E-state index is 0.0734. The van der Waals surface area contributed by atoms with Crippen LogP contribution in [0.25, 0.3) is 0 Å². The number of para-hydroxylation sites is 2. The van der Waals surface area contributed by atoms with E-state index in [0.29, 0.717) is 23.9 Å². The molecule has 0 atom stereocenters. The van der Waals surface area contributed by atoms with Crippen LogP contribution in [-0.2, 0) is 11.2 Å². The van der Waals surface area contributed by atoms with Crippen LogP contribution in [0, 0.1) is 0 Å². The number of carbonyl (C=O) groups is 1. The molecule has 7 heteroatoms. The highest BCUT2D eigenvalue weighted by atomic mass is 32.1. The summed E-state index contributed by atoms with van der Waals surface area (Å²) in [6, 6.07) is 18.8. The molecule has 1 N–H and O–H groups in total. The third kappa shape index (κ3) is 5.58. The lowest BCUT2D eigenvalue weighted by molar-refractivity contribution is -0.118. The normalized spacial score (nSPS) is 10.2. The summed E-state index contributed by atoms with van der Waals surface area (Å²) in [5.74, 6) is 1.19. The second kappa shape index (κ2) is 8.79. The summed E-state index contributed by atoms with van der Waals surface area (Å²) in [5, 5.41) is 12.0. The monoisotopic (exact) mass is 355 g/mol. The number of carbonyl (C=O) groups excluding carboxylic acids is 1. The molecular formula is C18H17N3O3S. The first-order chi connectivity index (χ1) is 12.3. The van der Waals surface area contributed by atoms with Gasteiger partial charge < -0.3 is 9.47 Å². The van der Waals surface area contributed by atoms with Gasteiger partial charge in [-0.15, -0.1) is 10.2 Å². The van der Waals surface area contributed by atoms with Crippen molar-refractivity contribution in [1.29, 1.82) is 0 Å². The number of rotatable bonds is 8. The van der Waals surface area contributed by atoms with Crippen LogP contribution in [-0.4, -0.2) is 29.3 Å². The van der Waals surface area contributed by atoms with Gasteiger partial charge in [0.1, 0.15) is 16.5 Å². The van der Waals surface area contributed by atoms with E-state index in [-0.39, 0.29) is 12.5 Å². The molecule has 0 aliphatic heterocycles. The van der Waals surface area contributed by atoms with Crippen molar-refractivity contribution < 1.29 is 14.3 Å². The number of benzene rings is 2. The van der Waals surface area contributed by atoms with Crippen LogP contribution in [0.5, 0.6) is 11.5 Å². The molecule has 0 saturated carbocycles. The van der Waals surface area contributed by atoms with Crippen LogP contribution >= 0.6 is 11.3 Å². The second-order valence-electron chi connectivity index (χ2n) is 5.06. The first kappa shape index (κ1) is 16.9. The Hall–Kier alpha value is -2.93. The summed E-state index contributed by atoms with van der Waals surface area (Å²) in [6.45, 7) is 0.430. The van der Waals surface area contributed by atoms with Crippen molar-refractivity contribution in [3.8, 4) is 11.5 Å². The van der Waals surface area contributed by atoms with E-state index in [4.69, 9.17) is 9.47 Å². The van der Waals surface area contributed by atoms with Gasteiger partial charge >= 0.3 is 0 Å². The maximum atomic E-state index is 11.9. The summed E-state index contributed by atoms with van der Waals surface area (Å²) < 4.78 is 11.0. The molecule has 0 unspecified atom stereocenters. The average Bonchev–Trinajstić information content (AvgIpc) is 3.09. The van der Waals surface area contributed by atoms with Gasteiger partial charge in [-0.25, -0.2) is 0 Å². The van der Waals surface area contributed by atoms with Crippen LogP contribution in [0.2, 0.25) is 0 Å². The molecule has 25 heavy (non-hydrogen) atoms. The van der Waals surface area contributed by atoms with Crippen molar-refractivity contribution >= 4 is 22.4 Å². The topological polar surface area (TPSA) is 73.3 Å². The van der Waals surface area contributed by atoms with Gasteiger partial charge in [-0.2, -0.15) is 0 Å². The highest BCUT2D eigenvalue weighted by Gasteiger charge is 2.09. The smallest absolute Gasteiger partial charge is 0.264 e. The fourth-order valence-corrected chi connectivity index (χ4v) is 2.74. The van der Waals surface area contributed by atoms with E-state index in [1.54, 1.807) is 12.1 Å². The summed E-state index contributed by atoms with van der Waals surface area (Å²) in [7, 11) is 0. The van der Waals surface area contributed by atoms with Gasteiger partial charge in [0.2, 0.25) is 5.13 Å². The van der Waals surface area contributed by atoms with Crippen molar-refractivity contribution in [2.24, 2.45) is 0 Å². The summed E-state index contributed by atoms with van der Waals surface area (Å²) in [6.07, 6.45) is 0.628. The molecule has 1 heterocycles. The van der Waals surface area contributed by atoms with E-state index in [0.717, 1.165) is 10.8 Å². The van der Waals surface area contributed by atoms with Crippen LogP contribution < -0.4 is 14.8 Å². The Balaban J connectivity index is 1.41. The molecule has 128 valence electrons. The highest BCUT2D eigenvalue weighted by molar-refractivity contribution is 7.15. The van der Waals surface area contributed by atoms with Gasteiger partial charge in [0.05, 0.1) is 6.61 Å². The Bertz CT molecular complexity index is 794. The van der Waals surface area contributed by atoms with E-state index >= 15 is 0 Å². The fraction of sp³-hybridized carbons (Fsp3) is 0.167. The largest absolute Gasteiger partial charge is 0.493 e. The quantitative estimate of drug-likeness (QED) is 0.672. The Morgan fingerprint density at radius 1 is 0.920 bits per heavy atom. The SMILES string of the molecule is O=C(COc1ccccc1)Nc1nnc(CCOc2ccccc2)s1. The highest BCUT2D eigenvalue weighted by Crippen LogP contribution is 2.17. The molecule has 0 fully saturated rings. The zero-order valence-electron chi connectivity index (χ0n) is 13.4. The Morgan fingerprint density at radius 2 is 1.56 bits per heavy atom. The maximum absolute atomic E-state index is 11.9. The number of amides is 1. The van der Waals surface area contributed by atoms with E-state index in [9.17, 15) is 4.79 Å². The zero-order valence-corrected chi connectivity index (χ0v) is 14.2. The fourth-order valence-electron chi connectivity index (χ4n) is 2.00. The molecule has 0 spiro atoms. The van der Waals surface area contributed by atoms with Gasteiger partial charge in [0, 0.05) is 6.42 Å². The van der Waals surface area contributed by atoms with Crippen LogP contribution in [0.15, 0.2) is 60.7 Å². The molecule has 0 saturated heterocycles. The number of hydrogen-bond acceptors (Lipinski definition) is 6. The Kier molecular flexibility index (Phi) is 5.95. The molecule has 0 bridgehead atoms. The number of nitrogens with zero attached hydrogens (tertiary/aromatic N) is 2. The lowest BCUT2D eigenvalue weighted by Gasteiger charge is -2.04. The van der Waals surface area contributed by atoms with E-state index < -0.39 is 0 Å². The van der Waals surface area contributed by atoms with Gasteiger partial charge in [0.15, 0.2) is 6.61 Å². The van der Waals surface area contributed by atoms with Crippen LogP contribution in [0.1, 0.15) is 5.01 Å². The lowest BCUT2D eigenvalue weighted by Crippen LogP contribution is -2.20. The first-order valence-corrected chi connectivity index (χ1v) is 8.59. The predicted molar refractivity (Wildman–Crippen MR) is 96.1 cm³/mol. The zero-order chi connectivity index (χ0) is 17.3. The molecule has 0 aliphatic rings. The first-order valence-electron chi connectivity index (χ1n) is 7.77. The number of ether oxygens (including phenoxy) is 2. The van der Waals surface area contributed by atoms with Gasteiger partial charge in [-0.3, -0.25) is 10.1 Å². The third-order valence-electron chi connectivity index (χ3n) is 3.15. The van der Waals surface area contributed by atoms with Crippen molar-refractivity contribution in [2.45, 2.75) is 6.42 Å². The summed E-state index contributed by atoms with van der Waals surface area (Å²) in [5.41, 5.74) is 0. The summed E-state index contributed by atoms with van der Waals surface area (Å²) >= 11 is 1.33. The molecule has 1 amide bonds. The lowest BCUT2D eigenvalue weighted by atomic mass is 10.3. The van der Waals surface area contributed by atoms with Crippen molar-refractivity contribution in [2.75, 3.05) is 18.5 Å². The van der Waals surface area contributed by atoms with E-state index in [2.05, 4.69) is 15.5 Å². The molecule has 3 aromatic rings. The second-order valence-corrected chi connectivity index (χ2v) is 6.12. The molecule has 3 rings (SSSR count). The molecule has 1 aromatic heterocycles. The predicted octanol–water partition coefficient (Wildman–Crippen LogP) is 3.18. The third-order valence-corrected chi connectivity index (χ3v) is 4.05. The summed E-state index contributed by atoms with van der Waals surface area (Å²) in [4.78, 5) is 11.9. The van der Waals surface area contributed by atoms with E-state index in [1.807, 2.05) is 48.5 Å². The van der Waals surface area contributed by atoms with Crippen molar-refractivity contribution in [1.82, 2.24) is 10.2 Å². The molecule has 0 aliphatic carbocycles. The number of hydrogen-bond donors (Lipinski definition) is 1. The molecule has 0 radical (unpaired) electrons. The van der Waals surface area contributed by atoms with Gasteiger partial charge in [0.25, 0.3) is 5.91 Å². The van der Waals surface area contributed by atoms with Crippen molar-refractivity contribution in [3.05, 3.63) is 65.7 Å². The van der Waals surface area contributed by atoms with E-state index in [1.165, 1.54) is 11.3 Å². The number of aromatic nitrogens is 2. The Labute approximate surface area is 149 Å². The van der Waals surface area contributed by atoms with Crippen molar-refractivity contribution in [3.63, 3.8) is 0 Å². The minimum Gasteiger partial charge on any atom is -0.493 e. The van der Waals surface area contributed by atoms with Gasteiger partial charge in [-0.05, 0) is 24.3 Å². The average molecular weight is 355 g/mol. The minimum atomic E-state index is -0.271. The molecule has 2 aromatic carbocycles. The number of nitrogens with one attached hydrogen (secondary N) is 1.